The number of nitrogens with zero attached hydrogens (tertiary/aromatic N) is 2. The van der Waals surface area contributed by atoms with E-state index in [1.54, 1.807) is 0 Å². The third-order valence-electron chi connectivity index (χ3n) is 3.31. The summed E-state index contributed by atoms with van der Waals surface area (Å²) in [4.78, 5) is 4.73. The molecule has 0 saturated carbocycles. The number of fused-ring (bicyclic) bond motifs is 1. The molecule has 1 aromatic heterocycles. The van der Waals surface area contributed by atoms with E-state index < -0.39 is 0 Å². The maximum atomic E-state index is 5.91. The average Bonchev–Trinajstić information content (AvgIpc) is 2.83. The molecule has 0 N–H and O–H groups in total. The van der Waals surface area contributed by atoms with Gasteiger partial charge in [-0.1, -0.05) is 6.07 Å². The minimum Gasteiger partial charge on any atom is -0.492 e. The van der Waals surface area contributed by atoms with Crippen LogP contribution < -0.4 is 4.74 Å². The summed E-state index contributed by atoms with van der Waals surface area (Å²) >= 11 is 5.91. The molecule has 5 heteroatoms. The molecule has 0 fully saturated rings. The molecule has 2 rings (SSSR count). The number of rotatable bonds is 9. The van der Waals surface area contributed by atoms with Gasteiger partial charge >= 0.3 is 0 Å². The van der Waals surface area contributed by atoms with Gasteiger partial charge in [0.15, 0.2) is 0 Å². The molecule has 2 aromatic rings. The Bertz CT molecular complexity index is 569. The highest BCUT2D eigenvalue weighted by Crippen LogP contribution is 2.26. The molecule has 21 heavy (non-hydrogen) atoms. The summed E-state index contributed by atoms with van der Waals surface area (Å²) in [5, 5.41) is 0. The Hall–Kier alpha value is -1.26. The van der Waals surface area contributed by atoms with Crippen LogP contribution in [0.4, 0.5) is 0 Å². The maximum absolute atomic E-state index is 5.91. The van der Waals surface area contributed by atoms with E-state index in [1.807, 2.05) is 26.0 Å². The molecule has 116 valence electrons. The highest BCUT2D eigenvalue weighted by Gasteiger charge is 2.13. The molecular weight excluding hydrogens is 288 g/mol. The molecule has 1 aromatic carbocycles. The predicted octanol–water partition coefficient (Wildman–Crippen LogP) is 3.64. The number of hydrogen-bond acceptors (Lipinski definition) is 3. The van der Waals surface area contributed by atoms with Crippen LogP contribution in [0.5, 0.6) is 5.75 Å². The van der Waals surface area contributed by atoms with Gasteiger partial charge in [-0.25, -0.2) is 4.98 Å². The van der Waals surface area contributed by atoms with Crippen molar-refractivity contribution in [3.8, 4) is 5.75 Å². The minimum atomic E-state index is 0.568. The van der Waals surface area contributed by atoms with Crippen LogP contribution in [-0.4, -0.2) is 35.3 Å². The van der Waals surface area contributed by atoms with E-state index in [1.165, 1.54) is 0 Å². The number of alkyl halides is 1. The molecule has 0 spiro atoms. The second-order valence-electron chi connectivity index (χ2n) is 4.73. The number of benzene rings is 1. The number of aromatic nitrogens is 2. The van der Waals surface area contributed by atoms with Crippen LogP contribution in [0.25, 0.3) is 11.0 Å². The molecule has 0 radical (unpaired) electrons. The van der Waals surface area contributed by atoms with Crippen molar-refractivity contribution in [2.45, 2.75) is 33.2 Å². The lowest BCUT2D eigenvalue weighted by molar-refractivity contribution is 0.141. The second-order valence-corrected chi connectivity index (χ2v) is 5.10. The highest BCUT2D eigenvalue weighted by molar-refractivity contribution is 6.17. The van der Waals surface area contributed by atoms with Crippen molar-refractivity contribution in [3.05, 3.63) is 24.0 Å². The van der Waals surface area contributed by atoms with Gasteiger partial charge in [0, 0.05) is 32.1 Å². The predicted molar refractivity (Wildman–Crippen MR) is 86.4 cm³/mol. The fraction of sp³-hybridized carbons (Fsp3) is 0.562. The van der Waals surface area contributed by atoms with E-state index in [4.69, 9.17) is 26.1 Å². The first kappa shape index (κ1) is 16.1. The van der Waals surface area contributed by atoms with E-state index in [0.29, 0.717) is 12.5 Å². The molecule has 0 aliphatic rings. The lowest BCUT2D eigenvalue weighted by atomic mass is 10.3. The van der Waals surface area contributed by atoms with Crippen molar-refractivity contribution in [2.24, 2.45) is 0 Å². The molecule has 1 heterocycles. The number of halogens is 1. The Balaban J connectivity index is 2.31. The minimum absolute atomic E-state index is 0.568. The first-order valence-corrected chi connectivity index (χ1v) is 8.09. The van der Waals surface area contributed by atoms with Gasteiger partial charge in [0.05, 0.1) is 12.1 Å². The zero-order valence-corrected chi connectivity index (χ0v) is 13.5. The summed E-state index contributed by atoms with van der Waals surface area (Å²) in [7, 11) is 0. The Morgan fingerprint density at radius 2 is 2.10 bits per heavy atom. The number of para-hydroxylation sites is 1. The van der Waals surface area contributed by atoms with Gasteiger partial charge in [0.25, 0.3) is 0 Å². The standard InChI is InChI=1S/C16H23ClN2O2/c1-3-20-12-6-11-19-13-7-5-8-14(21-4-2)16(13)18-15(19)9-10-17/h5,7-8H,3-4,6,9-12H2,1-2H3. The fourth-order valence-electron chi connectivity index (χ4n) is 2.44. The smallest absolute Gasteiger partial charge is 0.147 e. The van der Waals surface area contributed by atoms with E-state index in [0.717, 1.165) is 55.2 Å². The van der Waals surface area contributed by atoms with E-state index in [9.17, 15) is 0 Å². The van der Waals surface area contributed by atoms with Crippen molar-refractivity contribution in [1.29, 1.82) is 0 Å². The van der Waals surface area contributed by atoms with E-state index >= 15 is 0 Å². The largest absolute Gasteiger partial charge is 0.492 e. The Labute approximate surface area is 131 Å². The molecule has 0 atom stereocenters. The Morgan fingerprint density at radius 3 is 2.81 bits per heavy atom. The summed E-state index contributed by atoms with van der Waals surface area (Å²) in [6.45, 7) is 7.05. The van der Waals surface area contributed by atoms with Gasteiger partial charge in [-0.15, -0.1) is 11.6 Å². The van der Waals surface area contributed by atoms with Crippen LogP contribution >= 0.6 is 11.6 Å². The van der Waals surface area contributed by atoms with Gasteiger partial charge in [-0.2, -0.15) is 0 Å². The molecule has 0 bridgehead atoms. The van der Waals surface area contributed by atoms with Crippen LogP contribution in [0.3, 0.4) is 0 Å². The third-order valence-corrected chi connectivity index (χ3v) is 3.50. The van der Waals surface area contributed by atoms with Crippen molar-refractivity contribution in [3.63, 3.8) is 0 Å². The lowest BCUT2D eigenvalue weighted by Gasteiger charge is -2.09. The third kappa shape index (κ3) is 3.89. The second kappa shape index (κ2) is 8.25. The fourth-order valence-corrected chi connectivity index (χ4v) is 2.60. The van der Waals surface area contributed by atoms with E-state index in [-0.39, 0.29) is 0 Å². The lowest BCUT2D eigenvalue weighted by Crippen LogP contribution is -2.07. The average molecular weight is 311 g/mol. The molecule has 0 aliphatic heterocycles. The summed E-state index contributed by atoms with van der Waals surface area (Å²) in [6.07, 6.45) is 1.73. The quantitative estimate of drug-likeness (QED) is 0.524. The van der Waals surface area contributed by atoms with Gasteiger partial charge in [-0.3, -0.25) is 0 Å². The summed E-state index contributed by atoms with van der Waals surface area (Å²) < 4.78 is 13.3. The molecule has 0 amide bonds. The summed E-state index contributed by atoms with van der Waals surface area (Å²) in [5.41, 5.74) is 2.04. The molecule has 0 aliphatic carbocycles. The summed E-state index contributed by atoms with van der Waals surface area (Å²) in [5.74, 6) is 2.43. The Kier molecular flexibility index (Phi) is 6.33. The van der Waals surface area contributed by atoms with Gasteiger partial charge < -0.3 is 14.0 Å². The van der Waals surface area contributed by atoms with Crippen molar-refractivity contribution in [1.82, 2.24) is 9.55 Å². The number of imidazole rings is 1. The van der Waals surface area contributed by atoms with Crippen LogP contribution in [0, 0.1) is 0 Å². The zero-order chi connectivity index (χ0) is 15.1. The first-order chi connectivity index (χ1) is 10.3. The number of hydrogen-bond donors (Lipinski definition) is 0. The first-order valence-electron chi connectivity index (χ1n) is 7.56. The van der Waals surface area contributed by atoms with E-state index in [2.05, 4.69) is 10.6 Å². The van der Waals surface area contributed by atoms with Crippen LogP contribution in [-0.2, 0) is 17.7 Å². The van der Waals surface area contributed by atoms with Crippen molar-refractivity contribution < 1.29 is 9.47 Å². The number of ether oxygens (including phenoxy) is 2. The van der Waals surface area contributed by atoms with Gasteiger partial charge in [0.2, 0.25) is 0 Å². The van der Waals surface area contributed by atoms with Crippen molar-refractivity contribution >= 4 is 22.6 Å². The number of aryl methyl sites for hydroxylation is 2. The highest BCUT2D eigenvalue weighted by atomic mass is 35.5. The normalized spacial score (nSPS) is 11.2. The molecule has 0 saturated heterocycles. The molecule has 4 nitrogen and oxygen atoms in total. The molecular formula is C16H23ClN2O2. The SMILES string of the molecule is CCOCCCn1c(CCCl)nc2c(OCC)cccc21. The molecule has 0 unspecified atom stereocenters. The van der Waals surface area contributed by atoms with Gasteiger partial charge in [0.1, 0.15) is 17.1 Å². The van der Waals surface area contributed by atoms with Crippen LogP contribution in [0.1, 0.15) is 26.1 Å². The van der Waals surface area contributed by atoms with Gasteiger partial charge in [-0.05, 0) is 32.4 Å². The maximum Gasteiger partial charge on any atom is 0.147 e. The van der Waals surface area contributed by atoms with Crippen molar-refractivity contribution in [2.75, 3.05) is 25.7 Å². The topological polar surface area (TPSA) is 36.3 Å². The van der Waals surface area contributed by atoms with Crippen LogP contribution in [0.15, 0.2) is 18.2 Å². The monoisotopic (exact) mass is 310 g/mol. The summed E-state index contributed by atoms with van der Waals surface area (Å²) in [6, 6.07) is 6.07. The van der Waals surface area contributed by atoms with Crippen LogP contribution in [0.2, 0.25) is 0 Å². The zero-order valence-electron chi connectivity index (χ0n) is 12.8. The Morgan fingerprint density at radius 1 is 1.24 bits per heavy atom.